The Hall–Kier alpha value is -2.02. The highest BCUT2D eigenvalue weighted by molar-refractivity contribution is 7.84. The van der Waals surface area contributed by atoms with Gasteiger partial charge < -0.3 is 5.32 Å². The first-order chi connectivity index (χ1) is 9.90. The van der Waals surface area contributed by atoms with Crippen molar-refractivity contribution >= 4 is 32.9 Å². The molecular formula is C14H17N3O3S. The van der Waals surface area contributed by atoms with Gasteiger partial charge in [-0.1, -0.05) is 0 Å². The molecule has 1 aromatic heterocycles. The number of nitrogens with one attached hydrogen (secondary N) is 1. The Bertz CT molecular complexity index is 718. The minimum absolute atomic E-state index is 0.00169. The summed E-state index contributed by atoms with van der Waals surface area (Å²) in [5.41, 5.74) is 1.62. The van der Waals surface area contributed by atoms with Gasteiger partial charge in [-0.2, -0.15) is 0 Å². The lowest BCUT2D eigenvalue weighted by Crippen LogP contribution is -2.20. The third kappa shape index (κ3) is 3.36. The Morgan fingerprint density at radius 3 is 2.76 bits per heavy atom. The topological polar surface area (TPSA) is 85.1 Å². The molecule has 21 heavy (non-hydrogen) atoms. The maximum absolute atomic E-state index is 11.4. The Kier molecular flexibility index (Phi) is 4.52. The second kappa shape index (κ2) is 6.17. The zero-order chi connectivity index (χ0) is 15.6. The smallest absolute Gasteiger partial charge is 0.278 e. The molecule has 0 aliphatic rings. The summed E-state index contributed by atoms with van der Waals surface area (Å²) in [7, 11) is -0.917. The van der Waals surface area contributed by atoms with E-state index >= 15 is 0 Å². The molecule has 0 bridgehead atoms. The molecule has 1 aromatic carbocycles. The lowest BCUT2D eigenvalue weighted by atomic mass is 10.1. The molecule has 0 aliphatic heterocycles. The first kappa shape index (κ1) is 15.4. The van der Waals surface area contributed by atoms with Gasteiger partial charge in [0.2, 0.25) is 0 Å². The molecule has 0 fully saturated rings. The molecule has 0 saturated heterocycles. The number of non-ortho nitro benzene ring substituents is 1. The number of nitro groups is 1. The number of nitrogens with zero attached hydrogens (tertiary/aromatic N) is 2. The Balaban J connectivity index is 2.45. The first-order valence-electron chi connectivity index (χ1n) is 6.50. The number of hydrogen-bond acceptors (Lipinski definition) is 5. The van der Waals surface area contributed by atoms with Gasteiger partial charge in [-0.15, -0.1) is 0 Å². The van der Waals surface area contributed by atoms with Crippen molar-refractivity contribution in [3.63, 3.8) is 0 Å². The van der Waals surface area contributed by atoms with E-state index in [0.717, 1.165) is 16.8 Å². The molecule has 7 heteroatoms. The van der Waals surface area contributed by atoms with Crippen molar-refractivity contribution in [2.24, 2.45) is 0 Å². The van der Waals surface area contributed by atoms with Crippen molar-refractivity contribution in [3.8, 4) is 0 Å². The van der Waals surface area contributed by atoms with Crippen molar-refractivity contribution < 1.29 is 9.13 Å². The van der Waals surface area contributed by atoms with Crippen molar-refractivity contribution in [3.05, 3.63) is 40.2 Å². The summed E-state index contributed by atoms with van der Waals surface area (Å²) in [6, 6.07) is 4.97. The fourth-order valence-corrected chi connectivity index (χ4v) is 2.33. The number of pyridine rings is 1. The summed E-state index contributed by atoms with van der Waals surface area (Å²) in [4.78, 5) is 14.8. The zero-order valence-corrected chi connectivity index (χ0v) is 12.9. The zero-order valence-electron chi connectivity index (χ0n) is 12.1. The van der Waals surface area contributed by atoms with Gasteiger partial charge in [0.05, 0.1) is 10.3 Å². The van der Waals surface area contributed by atoms with Crippen LogP contribution in [0.2, 0.25) is 0 Å². The number of hydrogen-bond donors (Lipinski definition) is 1. The van der Waals surface area contributed by atoms with Crippen LogP contribution in [0.1, 0.15) is 12.6 Å². The Labute approximate surface area is 125 Å². The van der Waals surface area contributed by atoms with Crippen LogP contribution in [0.15, 0.2) is 24.4 Å². The lowest BCUT2D eigenvalue weighted by Gasteiger charge is -2.13. The van der Waals surface area contributed by atoms with Crippen LogP contribution >= 0.6 is 0 Å². The highest BCUT2D eigenvalue weighted by atomic mass is 32.2. The second-order valence-electron chi connectivity index (χ2n) is 4.95. The standard InChI is InChI=1S/C14H17N3O3S/c1-9-6-11-12(8-15-9)14(17(18)19)5-4-13(11)16-7-10(2)21(3)20/h4-6,8,10,16H,7H2,1-3H3. The number of rotatable bonds is 5. The summed E-state index contributed by atoms with van der Waals surface area (Å²) in [5.74, 6) is 0. The molecular weight excluding hydrogens is 290 g/mol. The van der Waals surface area contributed by atoms with Crippen LogP contribution in [0.25, 0.3) is 10.8 Å². The molecule has 1 heterocycles. The van der Waals surface area contributed by atoms with E-state index in [0.29, 0.717) is 11.9 Å². The van der Waals surface area contributed by atoms with Crippen LogP contribution in [-0.4, -0.2) is 32.2 Å². The highest BCUT2D eigenvalue weighted by Crippen LogP contribution is 2.31. The Morgan fingerprint density at radius 1 is 1.43 bits per heavy atom. The monoisotopic (exact) mass is 307 g/mol. The minimum atomic E-state index is -0.917. The van der Waals surface area contributed by atoms with Crippen LogP contribution in [0, 0.1) is 17.0 Å². The summed E-state index contributed by atoms with van der Waals surface area (Å²) in [6.07, 6.45) is 3.18. The van der Waals surface area contributed by atoms with E-state index < -0.39 is 15.7 Å². The lowest BCUT2D eigenvalue weighted by molar-refractivity contribution is -0.383. The van der Waals surface area contributed by atoms with Gasteiger partial charge in [0.15, 0.2) is 0 Å². The number of anilines is 1. The van der Waals surface area contributed by atoms with Crippen molar-refractivity contribution in [1.29, 1.82) is 0 Å². The molecule has 0 amide bonds. The van der Waals surface area contributed by atoms with E-state index in [4.69, 9.17) is 0 Å². The van der Waals surface area contributed by atoms with E-state index in [1.807, 2.05) is 19.9 Å². The van der Waals surface area contributed by atoms with E-state index in [1.165, 1.54) is 12.3 Å². The first-order valence-corrected chi connectivity index (χ1v) is 8.12. The van der Waals surface area contributed by atoms with Crippen molar-refractivity contribution in [1.82, 2.24) is 4.98 Å². The summed E-state index contributed by atoms with van der Waals surface area (Å²) >= 11 is 0. The average molecular weight is 307 g/mol. The molecule has 1 N–H and O–H groups in total. The predicted octanol–water partition coefficient (Wildman–Crippen LogP) is 2.63. The van der Waals surface area contributed by atoms with Crippen LogP contribution < -0.4 is 5.32 Å². The molecule has 0 saturated carbocycles. The molecule has 112 valence electrons. The molecule has 2 aromatic rings. The third-order valence-electron chi connectivity index (χ3n) is 3.36. The summed E-state index contributed by atoms with van der Waals surface area (Å²) in [5, 5.41) is 15.6. The van der Waals surface area contributed by atoms with E-state index in [9.17, 15) is 14.3 Å². The van der Waals surface area contributed by atoms with Gasteiger partial charge in [-0.3, -0.25) is 19.3 Å². The van der Waals surface area contributed by atoms with Gasteiger partial charge in [-0.05, 0) is 26.0 Å². The molecule has 2 unspecified atom stereocenters. The van der Waals surface area contributed by atoms with Crippen LogP contribution in [0.3, 0.4) is 0 Å². The number of aromatic nitrogens is 1. The van der Waals surface area contributed by atoms with Gasteiger partial charge in [-0.25, -0.2) is 0 Å². The van der Waals surface area contributed by atoms with E-state index in [-0.39, 0.29) is 10.9 Å². The van der Waals surface area contributed by atoms with Crippen LogP contribution in [0.5, 0.6) is 0 Å². The minimum Gasteiger partial charge on any atom is -0.383 e. The fraction of sp³-hybridized carbons (Fsp3) is 0.357. The number of fused-ring (bicyclic) bond motifs is 1. The third-order valence-corrected chi connectivity index (χ3v) is 4.66. The van der Waals surface area contributed by atoms with Gasteiger partial charge in [0.1, 0.15) is 0 Å². The molecule has 2 rings (SSSR count). The largest absolute Gasteiger partial charge is 0.383 e. The van der Waals surface area contributed by atoms with Gasteiger partial charge >= 0.3 is 0 Å². The second-order valence-corrected chi connectivity index (χ2v) is 6.75. The fourth-order valence-electron chi connectivity index (χ4n) is 2.01. The Morgan fingerprint density at radius 2 is 2.14 bits per heavy atom. The summed E-state index contributed by atoms with van der Waals surface area (Å²) < 4.78 is 11.4. The maximum atomic E-state index is 11.4. The highest BCUT2D eigenvalue weighted by Gasteiger charge is 2.15. The van der Waals surface area contributed by atoms with Gasteiger partial charge in [0, 0.05) is 57.9 Å². The molecule has 6 nitrogen and oxygen atoms in total. The van der Waals surface area contributed by atoms with Crippen LogP contribution in [0.4, 0.5) is 11.4 Å². The molecule has 0 spiro atoms. The maximum Gasteiger partial charge on any atom is 0.278 e. The van der Waals surface area contributed by atoms with Crippen molar-refractivity contribution in [2.75, 3.05) is 18.1 Å². The van der Waals surface area contributed by atoms with Gasteiger partial charge in [0.25, 0.3) is 5.69 Å². The number of aryl methyl sites for hydroxylation is 1. The SMILES string of the molecule is Cc1cc2c(NCC(C)S(C)=O)ccc([N+](=O)[O-])c2cn1. The number of benzene rings is 1. The normalized spacial score (nSPS) is 13.9. The molecule has 0 aliphatic carbocycles. The van der Waals surface area contributed by atoms with Crippen molar-refractivity contribution in [2.45, 2.75) is 19.1 Å². The summed E-state index contributed by atoms with van der Waals surface area (Å²) in [6.45, 7) is 4.27. The van der Waals surface area contributed by atoms with E-state index in [2.05, 4.69) is 10.3 Å². The quantitative estimate of drug-likeness (QED) is 0.678. The molecule has 0 radical (unpaired) electrons. The molecule has 2 atom stereocenters. The van der Waals surface area contributed by atoms with Crippen LogP contribution in [-0.2, 0) is 10.8 Å². The number of nitro benzene ring substituents is 1. The average Bonchev–Trinajstić information content (AvgIpc) is 2.43. The van der Waals surface area contributed by atoms with E-state index in [1.54, 1.807) is 12.3 Å². The predicted molar refractivity (Wildman–Crippen MR) is 85.2 cm³/mol.